The number of ether oxygens (including phenoxy) is 1. The molecule has 0 amide bonds. The molecule has 0 spiro atoms. The number of rotatable bonds is 4. The van der Waals surface area contributed by atoms with Crippen LogP contribution < -0.4 is 59.1 Å². The number of carbonyl (C=O) groups is 1. The van der Waals surface area contributed by atoms with E-state index >= 15 is 0 Å². The minimum Gasteiger partial charge on any atom is -0.744 e. The van der Waals surface area contributed by atoms with Crippen molar-refractivity contribution in [3.63, 3.8) is 0 Å². The van der Waals surface area contributed by atoms with Gasteiger partial charge in [-0.25, -0.2) is 21.6 Å². The van der Waals surface area contributed by atoms with Crippen LogP contribution in [0.25, 0.3) is 0 Å². The smallest absolute Gasteiger partial charge is 0.744 e. The molecule has 0 saturated heterocycles. The number of benzene rings is 3. The molecule has 0 unspecified atom stereocenters. The number of esters is 1. The van der Waals surface area contributed by atoms with Crippen molar-refractivity contribution < 1.29 is 105 Å². The van der Waals surface area contributed by atoms with Crippen LogP contribution in [0.1, 0.15) is 27.0 Å². The van der Waals surface area contributed by atoms with Gasteiger partial charge >= 0.3 is 65.1 Å². The van der Waals surface area contributed by atoms with E-state index in [-0.39, 0.29) is 81.4 Å². The Labute approximate surface area is 315 Å². The van der Waals surface area contributed by atoms with Gasteiger partial charge in [0.15, 0.2) is 5.60 Å². The third kappa shape index (κ3) is 6.09. The van der Waals surface area contributed by atoms with Gasteiger partial charge in [-0.05, 0) is 115 Å². The van der Waals surface area contributed by atoms with Gasteiger partial charge in [-0.15, -0.1) is 0 Å². The molecule has 1 aliphatic heterocycles. The Bertz CT molecular complexity index is 1630. The molecule has 3 aromatic rings. The standard InChI is InChI=1S/C20H10I4O10S2.2Na/c21-15-13-14(16(22)18(24)17(15)23)20(34-19(13)27,7-1-3-9(25)11(5-7)35(28,29)30)8-2-4-10(26)12(6-8)36(31,32)33;;/h1-6,25-26H,(H,28,29,30)(H,31,32,33);;/q;2*+1/p-2. The molecule has 1 heterocycles. The van der Waals surface area contributed by atoms with Gasteiger partial charge in [-0.1, -0.05) is 12.1 Å². The maximum atomic E-state index is 13.3. The molecule has 0 aliphatic carbocycles. The van der Waals surface area contributed by atoms with Crippen LogP contribution in [0.3, 0.4) is 0 Å². The molecule has 18 heteroatoms. The van der Waals surface area contributed by atoms with Crippen LogP contribution in [0, 0.1) is 14.3 Å². The van der Waals surface area contributed by atoms with Gasteiger partial charge in [-0.3, -0.25) is 0 Å². The predicted octanol–water partition coefficient (Wildman–Crippen LogP) is -2.21. The average Bonchev–Trinajstić information content (AvgIpc) is 3.09. The van der Waals surface area contributed by atoms with Crippen LogP contribution in [-0.4, -0.2) is 42.1 Å². The fourth-order valence-corrected chi connectivity index (χ4v) is 8.82. The van der Waals surface area contributed by atoms with Crippen molar-refractivity contribution >= 4 is 117 Å². The summed E-state index contributed by atoms with van der Waals surface area (Å²) in [6, 6.07) is 5.92. The fourth-order valence-electron chi connectivity index (χ4n) is 3.83. The van der Waals surface area contributed by atoms with E-state index in [2.05, 4.69) is 0 Å². The molecule has 38 heavy (non-hydrogen) atoms. The van der Waals surface area contributed by atoms with E-state index in [9.17, 15) is 40.9 Å². The maximum Gasteiger partial charge on any atom is 1.00 e. The molecule has 0 atom stereocenters. The average molecular weight is 1030 g/mol. The number of cyclic esters (lactones) is 1. The summed E-state index contributed by atoms with van der Waals surface area (Å²) < 4.78 is 79.3. The molecule has 190 valence electrons. The summed E-state index contributed by atoms with van der Waals surface area (Å²) in [7, 11) is -10.4. The van der Waals surface area contributed by atoms with Gasteiger partial charge in [0.2, 0.25) is 0 Å². The zero-order valence-electron chi connectivity index (χ0n) is 19.0. The third-order valence-electron chi connectivity index (χ3n) is 5.34. The van der Waals surface area contributed by atoms with Crippen molar-refractivity contribution in [1.29, 1.82) is 0 Å². The van der Waals surface area contributed by atoms with Crippen molar-refractivity contribution in [2.75, 3.05) is 0 Å². The van der Waals surface area contributed by atoms with E-state index in [4.69, 9.17) is 4.74 Å². The molecule has 0 bridgehead atoms. The van der Waals surface area contributed by atoms with Gasteiger partial charge in [-0.2, -0.15) is 0 Å². The van der Waals surface area contributed by atoms with Crippen LogP contribution >= 0.6 is 90.4 Å². The van der Waals surface area contributed by atoms with Gasteiger partial charge in [0, 0.05) is 31.0 Å². The van der Waals surface area contributed by atoms with Crippen LogP contribution in [0.15, 0.2) is 46.2 Å². The molecule has 2 N–H and O–H groups in total. The summed E-state index contributed by atoms with van der Waals surface area (Å²) in [5.74, 6) is -2.52. The van der Waals surface area contributed by atoms with Gasteiger partial charge in [0.25, 0.3) is 0 Å². The summed E-state index contributed by atoms with van der Waals surface area (Å²) in [6.45, 7) is 0. The van der Waals surface area contributed by atoms with Crippen molar-refractivity contribution in [2.45, 2.75) is 15.4 Å². The third-order valence-corrected chi connectivity index (χ3v) is 14.5. The first-order valence-corrected chi connectivity index (χ1v) is 16.3. The molecular formula is C20H8I4Na2O10S2. The largest absolute Gasteiger partial charge is 1.00 e. The van der Waals surface area contributed by atoms with Crippen LogP contribution in [0.2, 0.25) is 0 Å². The predicted molar refractivity (Wildman–Crippen MR) is 155 cm³/mol. The zero-order valence-corrected chi connectivity index (χ0v) is 33.2. The summed E-state index contributed by atoms with van der Waals surface area (Å²) >= 11 is 7.99. The summed E-state index contributed by atoms with van der Waals surface area (Å²) in [4.78, 5) is 11.3. The second-order valence-electron chi connectivity index (χ2n) is 7.35. The van der Waals surface area contributed by atoms with E-state index in [1.54, 1.807) is 0 Å². The normalized spacial score (nSPS) is 14.2. The molecule has 10 nitrogen and oxygen atoms in total. The molecule has 0 saturated carbocycles. The Hall–Kier alpha value is 1.47. The molecule has 4 rings (SSSR count). The summed E-state index contributed by atoms with van der Waals surface area (Å²) in [5.41, 5.74) is -1.96. The number of phenolic OH excluding ortho intramolecular Hbond substituents is 2. The second kappa shape index (κ2) is 12.6. The van der Waals surface area contributed by atoms with Gasteiger partial charge in [0.05, 0.1) is 15.4 Å². The van der Waals surface area contributed by atoms with E-state index in [0.29, 0.717) is 10.7 Å². The Kier molecular flexibility index (Phi) is 11.8. The minimum atomic E-state index is -5.19. The van der Waals surface area contributed by atoms with E-state index < -0.39 is 53.1 Å². The Balaban J connectivity index is 0.00000253. The number of hydrogen-bond acceptors (Lipinski definition) is 10. The number of phenols is 2. The second-order valence-corrected chi connectivity index (χ2v) is 14.4. The van der Waals surface area contributed by atoms with Gasteiger partial charge < -0.3 is 24.1 Å². The van der Waals surface area contributed by atoms with Crippen LogP contribution in [0.5, 0.6) is 11.5 Å². The Morgan fingerprint density at radius 2 is 1.11 bits per heavy atom. The van der Waals surface area contributed by atoms with Crippen molar-refractivity contribution in [2.24, 2.45) is 0 Å². The topological polar surface area (TPSA) is 181 Å². The van der Waals surface area contributed by atoms with E-state index in [1.807, 2.05) is 90.4 Å². The molecule has 1 aliphatic rings. The first kappa shape index (κ1) is 35.7. The Morgan fingerprint density at radius 3 is 1.50 bits per heavy atom. The van der Waals surface area contributed by atoms with Gasteiger partial charge in [0.1, 0.15) is 31.7 Å². The molecule has 0 radical (unpaired) electrons. The van der Waals surface area contributed by atoms with Crippen molar-refractivity contribution in [3.8, 4) is 11.5 Å². The molecular weight excluding hydrogens is 1020 g/mol. The molecule has 0 fully saturated rings. The number of halogens is 4. The fraction of sp³-hybridized carbons (Fsp3) is 0.0500. The molecule has 0 aromatic heterocycles. The number of hydrogen-bond donors (Lipinski definition) is 2. The molecule has 3 aromatic carbocycles. The number of fused-ring (bicyclic) bond motifs is 1. The van der Waals surface area contributed by atoms with E-state index in [1.165, 1.54) is 12.1 Å². The minimum absolute atomic E-state index is 0. The van der Waals surface area contributed by atoms with Crippen molar-refractivity contribution in [3.05, 3.63) is 72.9 Å². The maximum absolute atomic E-state index is 13.3. The zero-order chi connectivity index (χ0) is 27.0. The first-order chi connectivity index (χ1) is 16.5. The van der Waals surface area contributed by atoms with Crippen molar-refractivity contribution in [1.82, 2.24) is 0 Å². The summed E-state index contributed by atoms with van der Waals surface area (Å²) in [5, 5.41) is 20.1. The van der Waals surface area contributed by atoms with Crippen LogP contribution in [0.4, 0.5) is 0 Å². The Morgan fingerprint density at radius 1 is 0.711 bits per heavy atom. The van der Waals surface area contributed by atoms with E-state index in [0.717, 1.165) is 27.8 Å². The first-order valence-electron chi connectivity index (χ1n) is 9.20. The quantitative estimate of drug-likeness (QED) is 0.0728. The number of carbonyl (C=O) groups excluding carboxylic acids is 1. The monoisotopic (exact) mass is 1030 g/mol. The van der Waals surface area contributed by atoms with Crippen LogP contribution in [-0.2, 0) is 30.6 Å². The summed E-state index contributed by atoms with van der Waals surface area (Å²) in [6.07, 6.45) is 0. The SMILES string of the molecule is O=C1OC(c2ccc(O)c(S(=O)(=O)[O-])c2)(c2ccc(O)c(S(=O)(=O)[O-])c2)c2c(I)c(I)c(I)c(I)c21.[Na+].[Na+]. The number of aromatic hydroxyl groups is 2.